The fraction of sp³-hybridized carbons (Fsp3) is 0.619. The van der Waals surface area contributed by atoms with E-state index in [0.717, 1.165) is 18.4 Å². The maximum absolute atomic E-state index is 13.2. The Balaban J connectivity index is 1.68. The Hall–Kier alpha value is -1.84. The highest BCUT2D eigenvalue weighted by molar-refractivity contribution is 6.08. The SMILES string of the molecule is CC(C)N(Cc1ccccc1)C(=O)C1(C(=O)NC2CCCCC2)CC1. The zero-order valence-corrected chi connectivity index (χ0v) is 15.5. The zero-order chi connectivity index (χ0) is 17.9. The van der Waals surface area contributed by atoms with Crippen molar-refractivity contribution in [3.8, 4) is 0 Å². The topological polar surface area (TPSA) is 49.4 Å². The van der Waals surface area contributed by atoms with Crippen LogP contribution in [0.25, 0.3) is 0 Å². The van der Waals surface area contributed by atoms with E-state index >= 15 is 0 Å². The third-order valence-corrected chi connectivity index (χ3v) is 5.61. The van der Waals surface area contributed by atoms with E-state index in [0.29, 0.717) is 19.4 Å². The molecule has 0 aromatic heterocycles. The number of amides is 2. The summed E-state index contributed by atoms with van der Waals surface area (Å²) < 4.78 is 0. The third-order valence-electron chi connectivity index (χ3n) is 5.61. The van der Waals surface area contributed by atoms with Gasteiger partial charge in [0.15, 0.2) is 0 Å². The van der Waals surface area contributed by atoms with Crippen LogP contribution in [0, 0.1) is 5.41 Å². The lowest BCUT2D eigenvalue weighted by Crippen LogP contribution is -2.49. The van der Waals surface area contributed by atoms with Crippen molar-refractivity contribution in [2.75, 3.05) is 0 Å². The molecule has 0 heterocycles. The second kappa shape index (κ2) is 7.59. The molecular weight excluding hydrogens is 312 g/mol. The van der Waals surface area contributed by atoms with Crippen molar-refractivity contribution in [1.29, 1.82) is 0 Å². The molecule has 25 heavy (non-hydrogen) atoms. The van der Waals surface area contributed by atoms with Crippen LogP contribution in [0.3, 0.4) is 0 Å². The Morgan fingerprint density at radius 2 is 1.76 bits per heavy atom. The van der Waals surface area contributed by atoms with Gasteiger partial charge in [-0.2, -0.15) is 0 Å². The molecule has 3 rings (SSSR count). The predicted molar refractivity (Wildman–Crippen MR) is 98.8 cm³/mol. The quantitative estimate of drug-likeness (QED) is 0.802. The second-order valence-electron chi connectivity index (χ2n) is 7.90. The van der Waals surface area contributed by atoms with Gasteiger partial charge in [-0.15, -0.1) is 0 Å². The highest BCUT2D eigenvalue weighted by atomic mass is 16.2. The van der Waals surface area contributed by atoms with Gasteiger partial charge in [-0.3, -0.25) is 9.59 Å². The van der Waals surface area contributed by atoms with Gasteiger partial charge in [-0.25, -0.2) is 0 Å². The van der Waals surface area contributed by atoms with E-state index in [1.165, 1.54) is 19.3 Å². The monoisotopic (exact) mass is 342 g/mol. The number of carbonyl (C=O) groups excluding carboxylic acids is 2. The number of hydrogen-bond acceptors (Lipinski definition) is 2. The van der Waals surface area contributed by atoms with Crippen molar-refractivity contribution >= 4 is 11.8 Å². The molecular formula is C21H30N2O2. The molecule has 0 saturated heterocycles. The molecule has 1 N–H and O–H groups in total. The lowest BCUT2D eigenvalue weighted by atomic mass is 9.94. The van der Waals surface area contributed by atoms with Gasteiger partial charge in [0.25, 0.3) is 0 Å². The molecule has 2 saturated carbocycles. The van der Waals surface area contributed by atoms with Crippen molar-refractivity contribution in [2.24, 2.45) is 5.41 Å². The molecule has 4 nitrogen and oxygen atoms in total. The molecule has 1 aromatic carbocycles. The lowest BCUT2D eigenvalue weighted by molar-refractivity contribution is -0.146. The van der Waals surface area contributed by atoms with Crippen molar-refractivity contribution in [3.63, 3.8) is 0 Å². The van der Waals surface area contributed by atoms with Crippen LogP contribution in [-0.4, -0.2) is 28.8 Å². The zero-order valence-electron chi connectivity index (χ0n) is 15.5. The van der Waals surface area contributed by atoms with Crippen LogP contribution in [0.2, 0.25) is 0 Å². The molecule has 1 aromatic rings. The largest absolute Gasteiger partial charge is 0.352 e. The standard InChI is InChI=1S/C21H30N2O2/c1-16(2)23(15-17-9-5-3-6-10-17)20(25)21(13-14-21)19(24)22-18-11-7-4-8-12-18/h3,5-6,9-10,16,18H,4,7-8,11-15H2,1-2H3,(H,22,24). The van der Waals surface area contributed by atoms with E-state index in [-0.39, 0.29) is 23.9 Å². The number of nitrogens with zero attached hydrogens (tertiary/aromatic N) is 1. The average molecular weight is 342 g/mol. The van der Waals surface area contributed by atoms with Crippen LogP contribution in [0.5, 0.6) is 0 Å². The molecule has 2 aliphatic carbocycles. The first-order valence-electron chi connectivity index (χ1n) is 9.69. The summed E-state index contributed by atoms with van der Waals surface area (Å²) >= 11 is 0. The normalized spacial score (nSPS) is 19.5. The Morgan fingerprint density at radius 3 is 2.32 bits per heavy atom. The van der Waals surface area contributed by atoms with Crippen LogP contribution < -0.4 is 5.32 Å². The van der Waals surface area contributed by atoms with Crippen molar-refractivity contribution < 1.29 is 9.59 Å². The second-order valence-corrected chi connectivity index (χ2v) is 7.90. The predicted octanol–water partition coefficient (Wildman–Crippen LogP) is 3.65. The van der Waals surface area contributed by atoms with Crippen molar-refractivity contribution in [2.45, 2.75) is 77.4 Å². The van der Waals surface area contributed by atoms with E-state index in [4.69, 9.17) is 0 Å². The van der Waals surface area contributed by atoms with E-state index in [1.807, 2.05) is 49.1 Å². The smallest absolute Gasteiger partial charge is 0.238 e. The first-order chi connectivity index (χ1) is 12.0. The molecule has 4 heteroatoms. The van der Waals surface area contributed by atoms with Gasteiger partial charge in [0, 0.05) is 18.6 Å². The maximum Gasteiger partial charge on any atom is 0.238 e. The number of carbonyl (C=O) groups is 2. The number of hydrogen-bond donors (Lipinski definition) is 1. The van der Waals surface area contributed by atoms with E-state index in [1.54, 1.807) is 0 Å². The van der Waals surface area contributed by atoms with Gasteiger partial charge < -0.3 is 10.2 Å². The minimum atomic E-state index is -0.809. The summed E-state index contributed by atoms with van der Waals surface area (Å²) in [5.41, 5.74) is 0.296. The fourth-order valence-electron chi connectivity index (χ4n) is 3.78. The Morgan fingerprint density at radius 1 is 1.12 bits per heavy atom. The molecule has 0 radical (unpaired) electrons. The molecule has 136 valence electrons. The minimum Gasteiger partial charge on any atom is -0.352 e. The van der Waals surface area contributed by atoms with Crippen molar-refractivity contribution in [1.82, 2.24) is 10.2 Å². The summed E-state index contributed by atoms with van der Waals surface area (Å²) in [4.78, 5) is 27.9. The molecule has 2 aliphatic rings. The van der Waals surface area contributed by atoms with Crippen LogP contribution in [0.15, 0.2) is 30.3 Å². The van der Waals surface area contributed by atoms with E-state index in [9.17, 15) is 9.59 Å². The molecule has 0 aliphatic heterocycles. The molecule has 0 bridgehead atoms. The van der Waals surface area contributed by atoms with Crippen LogP contribution >= 0.6 is 0 Å². The summed E-state index contributed by atoms with van der Waals surface area (Å²) in [6.07, 6.45) is 7.08. The summed E-state index contributed by atoms with van der Waals surface area (Å²) in [5, 5.41) is 3.17. The Kier molecular flexibility index (Phi) is 5.45. The average Bonchev–Trinajstić information content (AvgIpc) is 3.43. The molecule has 0 atom stereocenters. The number of rotatable bonds is 6. The summed E-state index contributed by atoms with van der Waals surface area (Å²) in [7, 11) is 0. The van der Waals surface area contributed by atoms with Gasteiger partial charge in [-0.1, -0.05) is 49.6 Å². The van der Waals surface area contributed by atoms with E-state index < -0.39 is 5.41 Å². The Bertz CT molecular complexity index is 602. The van der Waals surface area contributed by atoms with Gasteiger partial charge in [-0.05, 0) is 45.1 Å². The number of benzene rings is 1. The maximum atomic E-state index is 13.2. The summed E-state index contributed by atoms with van der Waals surface area (Å²) in [6, 6.07) is 10.3. The van der Waals surface area contributed by atoms with Crippen LogP contribution in [-0.2, 0) is 16.1 Å². The van der Waals surface area contributed by atoms with E-state index in [2.05, 4.69) is 5.32 Å². The van der Waals surface area contributed by atoms with Crippen molar-refractivity contribution in [3.05, 3.63) is 35.9 Å². The summed E-state index contributed by atoms with van der Waals surface area (Å²) in [6.45, 7) is 4.61. The van der Waals surface area contributed by atoms with Gasteiger partial charge in [0.05, 0.1) is 0 Å². The fourth-order valence-corrected chi connectivity index (χ4v) is 3.78. The first kappa shape index (κ1) is 18.0. The van der Waals surface area contributed by atoms with Crippen LogP contribution in [0.1, 0.15) is 64.4 Å². The molecule has 2 amide bonds. The first-order valence-corrected chi connectivity index (χ1v) is 9.69. The van der Waals surface area contributed by atoms with Crippen LogP contribution in [0.4, 0.5) is 0 Å². The minimum absolute atomic E-state index is 0.000312. The molecule has 2 fully saturated rings. The third kappa shape index (κ3) is 4.05. The van der Waals surface area contributed by atoms with Gasteiger partial charge in [0.2, 0.25) is 11.8 Å². The number of nitrogens with one attached hydrogen (secondary N) is 1. The molecule has 0 spiro atoms. The lowest BCUT2D eigenvalue weighted by Gasteiger charge is -2.32. The highest BCUT2D eigenvalue weighted by Gasteiger charge is 2.58. The van der Waals surface area contributed by atoms with Gasteiger partial charge >= 0.3 is 0 Å². The highest BCUT2D eigenvalue weighted by Crippen LogP contribution is 2.48. The van der Waals surface area contributed by atoms with Gasteiger partial charge in [0.1, 0.15) is 5.41 Å². The Labute approximate surface area is 151 Å². The molecule has 0 unspecified atom stereocenters. The summed E-state index contributed by atoms with van der Waals surface area (Å²) in [5.74, 6) is -0.0391.